The highest BCUT2D eigenvalue weighted by atomic mass is 32.2. The van der Waals surface area contributed by atoms with Crippen LogP contribution < -0.4 is 10.9 Å². The fraction of sp³-hybridized carbons (Fsp3) is 0.409. The number of nitrogens with zero attached hydrogens (tertiary/aromatic N) is 4. The Bertz CT molecular complexity index is 1380. The van der Waals surface area contributed by atoms with Gasteiger partial charge in [-0.25, -0.2) is 13.4 Å². The minimum absolute atomic E-state index is 0.0673. The maximum atomic E-state index is 12.9. The Kier molecular flexibility index (Phi) is 6.41. The molecule has 1 N–H and O–H groups in total. The van der Waals surface area contributed by atoms with E-state index in [2.05, 4.69) is 15.2 Å². The Morgan fingerprint density at radius 2 is 2.06 bits per heavy atom. The number of hydrogen-bond acceptors (Lipinski definition) is 7. The van der Waals surface area contributed by atoms with Gasteiger partial charge in [0.15, 0.2) is 0 Å². The monoisotopic (exact) mass is 489 g/mol. The van der Waals surface area contributed by atoms with Gasteiger partial charge in [0.05, 0.1) is 11.6 Å². The molecule has 0 aromatic carbocycles. The molecule has 176 valence electrons. The number of aryl methyl sites for hydroxylation is 1. The summed E-state index contributed by atoms with van der Waals surface area (Å²) >= 11 is 1.57. The summed E-state index contributed by atoms with van der Waals surface area (Å²) in [6.45, 7) is 5.66. The molecule has 4 rings (SSSR count). The van der Waals surface area contributed by atoms with Crippen LogP contribution >= 0.6 is 11.3 Å². The van der Waals surface area contributed by atoms with Crippen molar-refractivity contribution in [3.63, 3.8) is 0 Å². The number of aromatic nitrogens is 2. The smallest absolute Gasteiger partial charge is 0.259 e. The van der Waals surface area contributed by atoms with Crippen LogP contribution in [0.2, 0.25) is 0 Å². The fourth-order valence-electron chi connectivity index (χ4n) is 4.13. The van der Waals surface area contributed by atoms with Crippen LogP contribution in [0.1, 0.15) is 18.7 Å². The summed E-state index contributed by atoms with van der Waals surface area (Å²) in [6.07, 6.45) is 4.69. The second-order valence-corrected chi connectivity index (χ2v) is 11.6. The molecule has 3 aromatic rings. The van der Waals surface area contributed by atoms with Gasteiger partial charge < -0.3 is 9.88 Å². The summed E-state index contributed by atoms with van der Waals surface area (Å²) in [5.41, 5.74) is 1.69. The molecular formula is C22H27N5O4S2. The topological polar surface area (TPSA) is 105 Å². The zero-order valence-corrected chi connectivity index (χ0v) is 20.7. The van der Waals surface area contributed by atoms with E-state index in [4.69, 9.17) is 0 Å². The zero-order valence-electron chi connectivity index (χ0n) is 19.0. The quantitative estimate of drug-likeness (QED) is 0.589. The highest BCUT2D eigenvalue weighted by molar-refractivity contribution is 7.88. The molecule has 1 aliphatic heterocycles. The van der Waals surface area contributed by atoms with Gasteiger partial charge in [-0.3, -0.25) is 14.5 Å². The Balaban J connectivity index is 1.68. The molecule has 1 amide bonds. The van der Waals surface area contributed by atoms with E-state index >= 15 is 0 Å². The summed E-state index contributed by atoms with van der Waals surface area (Å²) in [6, 6.07) is 5.67. The highest BCUT2D eigenvalue weighted by Gasteiger charge is 2.29. The van der Waals surface area contributed by atoms with Gasteiger partial charge in [-0.15, -0.1) is 11.3 Å². The van der Waals surface area contributed by atoms with Crippen LogP contribution in [-0.2, 0) is 28.4 Å². The lowest BCUT2D eigenvalue weighted by atomic mass is 10.1. The van der Waals surface area contributed by atoms with Crippen molar-refractivity contribution in [3.05, 3.63) is 45.8 Å². The van der Waals surface area contributed by atoms with E-state index in [0.717, 1.165) is 20.7 Å². The zero-order chi connectivity index (χ0) is 23.9. The highest BCUT2D eigenvalue weighted by Crippen LogP contribution is 2.34. The van der Waals surface area contributed by atoms with Crippen LogP contribution in [-0.4, -0.2) is 65.0 Å². The van der Waals surface area contributed by atoms with Crippen LogP contribution in [0.5, 0.6) is 0 Å². The number of nitrogens with one attached hydrogen (secondary N) is 1. The second-order valence-electron chi connectivity index (χ2n) is 8.47. The standard InChI is InChI=1S/C22H27N5O4S2/c1-14-11-27(33(4,30)31)8-7-26(14)12-17-10-18-21(32-17)19(13-25(3)22(18)29)16-5-6-23-20(9-16)24-15(2)28/h5-6,9-10,13-14H,7-8,11-12H2,1-4H3,(H,23,24,28). The van der Waals surface area contributed by atoms with Gasteiger partial charge in [-0.05, 0) is 30.7 Å². The average molecular weight is 490 g/mol. The predicted octanol–water partition coefficient (Wildman–Crippen LogP) is 2.09. The largest absolute Gasteiger partial charge is 0.317 e. The number of carbonyl (C=O) groups is 1. The van der Waals surface area contributed by atoms with E-state index in [0.29, 0.717) is 37.4 Å². The number of sulfonamides is 1. The Morgan fingerprint density at radius 3 is 2.73 bits per heavy atom. The second kappa shape index (κ2) is 8.98. The van der Waals surface area contributed by atoms with Crippen molar-refractivity contribution in [1.82, 2.24) is 18.8 Å². The Labute approximate surface area is 196 Å². The summed E-state index contributed by atoms with van der Waals surface area (Å²) in [4.78, 5) is 31.8. The lowest BCUT2D eigenvalue weighted by molar-refractivity contribution is -0.114. The van der Waals surface area contributed by atoms with Crippen LogP contribution in [0, 0.1) is 0 Å². The number of anilines is 1. The number of hydrogen-bond donors (Lipinski definition) is 1. The van der Waals surface area contributed by atoms with Gasteiger partial charge in [-0.1, -0.05) is 0 Å². The Hall–Kier alpha value is -2.60. The van der Waals surface area contributed by atoms with Gasteiger partial charge in [-0.2, -0.15) is 4.31 Å². The molecule has 0 saturated carbocycles. The molecular weight excluding hydrogens is 462 g/mol. The molecule has 3 aromatic heterocycles. The lowest BCUT2D eigenvalue weighted by Gasteiger charge is -2.38. The molecule has 11 heteroatoms. The van der Waals surface area contributed by atoms with Gasteiger partial charge >= 0.3 is 0 Å². The van der Waals surface area contributed by atoms with Crippen molar-refractivity contribution in [3.8, 4) is 11.1 Å². The van der Waals surface area contributed by atoms with E-state index in [-0.39, 0.29) is 17.5 Å². The number of rotatable bonds is 5. The van der Waals surface area contributed by atoms with Gasteiger partial charge in [0, 0.05) is 73.7 Å². The minimum atomic E-state index is -3.20. The third-order valence-electron chi connectivity index (χ3n) is 5.83. The molecule has 1 fully saturated rings. The van der Waals surface area contributed by atoms with E-state index in [1.165, 1.54) is 17.5 Å². The third kappa shape index (κ3) is 5.01. The van der Waals surface area contributed by atoms with Crippen molar-refractivity contribution in [2.24, 2.45) is 7.05 Å². The molecule has 9 nitrogen and oxygen atoms in total. The molecule has 1 unspecified atom stereocenters. The molecule has 1 aliphatic rings. The maximum Gasteiger partial charge on any atom is 0.259 e. The van der Waals surface area contributed by atoms with Crippen molar-refractivity contribution in [2.75, 3.05) is 31.2 Å². The lowest BCUT2D eigenvalue weighted by Crippen LogP contribution is -2.52. The maximum absolute atomic E-state index is 12.9. The first-order chi connectivity index (χ1) is 15.5. The van der Waals surface area contributed by atoms with Gasteiger partial charge in [0.25, 0.3) is 5.56 Å². The summed E-state index contributed by atoms with van der Waals surface area (Å²) < 4.78 is 27.7. The summed E-state index contributed by atoms with van der Waals surface area (Å²) in [5, 5.41) is 3.35. The van der Waals surface area contributed by atoms with Crippen molar-refractivity contribution in [1.29, 1.82) is 0 Å². The number of piperazine rings is 1. The number of pyridine rings is 2. The fourth-order valence-corrected chi connectivity index (χ4v) is 6.24. The molecule has 4 heterocycles. The SMILES string of the molecule is CC(=O)Nc1cc(-c2cn(C)c(=O)c3cc(CN4CCN(S(C)(=O)=O)CC4C)sc23)ccn1. The van der Waals surface area contributed by atoms with Crippen molar-refractivity contribution in [2.45, 2.75) is 26.4 Å². The summed E-state index contributed by atoms with van der Waals surface area (Å²) in [5.74, 6) is 0.255. The summed E-state index contributed by atoms with van der Waals surface area (Å²) in [7, 11) is -1.47. The van der Waals surface area contributed by atoms with Crippen molar-refractivity contribution >= 4 is 43.2 Å². The Morgan fingerprint density at radius 1 is 1.30 bits per heavy atom. The first-order valence-electron chi connectivity index (χ1n) is 10.6. The van der Waals surface area contributed by atoms with E-state index < -0.39 is 10.0 Å². The van der Waals surface area contributed by atoms with E-state index in [9.17, 15) is 18.0 Å². The minimum Gasteiger partial charge on any atom is -0.317 e. The van der Waals surface area contributed by atoms with Crippen LogP contribution in [0.15, 0.2) is 35.4 Å². The number of carbonyl (C=O) groups excluding carboxylic acids is 1. The predicted molar refractivity (Wildman–Crippen MR) is 131 cm³/mol. The normalized spacial score (nSPS) is 18.0. The molecule has 33 heavy (non-hydrogen) atoms. The number of amides is 1. The molecule has 1 atom stereocenters. The molecule has 0 radical (unpaired) electrons. The number of fused-ring (bicyclic) bond motifs is 1. The van der Waals surface area contributed by atoms with Crippen LogP contribution in [0.4, 0.5) is 5.82 Å². The first-order valence-corrected chi connectivity index (χ1v) is 13.2. The first kappa shape index (κ1) is 23.6. The van der Waals surface area contributed by atoms with E-state index in [1.807, 2.05) is 25.3 Å². The van der Waals surface area contributed by atoms with Crippen LogP contribution in [0.3, 0.4) is 0 Å². The van der Waals surface area contributed by atoms with Crippen molar-refractivity contribution < 1.29 is 13.2 Å². The molecule has 0 bridgehead atoms. The number of thiophene rings is 1. The molecule has 0 aliphatic carbocycles. The van der Waals surface area contributed by atoms with Crippen LogP contribution in [0.25, 0.3) is 21.2 Å². The molecule has 1 saturated heterocycles. The van der Waals surface area contributed by atoms with Gasteiger partial charge in [0.1, 0.15) is 5.82 Å². The van der Waals surface area contributed by atoms with E-state index in [1.54, 1.807) is 35.2 Å². The van der Waals surface area contributed by atoms with Gasteiger partial charge in [0.2, 0.25) is 15.9 Å². The molecule has 0 spiro atoms. The average Bonchev–Trinajstić information content (AvgIpc) is 3.15. The third-order valence-corrected chi connectivity index (χ3v) is 8.25.